The summed E-state index contributed by atoms with van der Waals surface area (Å²) in [5, 5.41) is 3.09. The largest absolute Gasteiger partial charge is 0.476 e. The molecule has 0 bridgehead atoms. The number of ether oxygens (including phenoxy) is 1. The van der Waals surface area contributed by atoms with Crippen LogP contribution < -0.4 is 21.3 Å². The minimum Gasteiger partial charge on any atom is -0.476 e. The predicted octanol–water partition coefficient (Wildman–Crippen LogP) is -0.151. The molecule has 0 radical (unpaired) electrons. The van der Waals surface area contributed by atoms with Gasteiger partial charge in [-0.2, -0.15) is 0 Å². The van der Waals surface area contributed by atoms with Crippen LogP contribution in [-0.2, 0) is 4.79 Å². The molecule has 14 heavy (non-hydrogen) atoms. The molecule has 0 unspecified atom stereocenters. The van der Waals surface area contributed by atoms with Crippen molar-refractivity contribution in [3.05, 3.63) is 24.3 Å². The van der Waals surface area contributed by atoms with E-state index in [1.54, 1.807) is 6.07 Å². The topological polar surface area (TPSA) is 76.4 Å². The number of hydrazine groups is 1. The number of para-hydroxylation sites is 2. The number of nitrogens with two attached hydrogens (primary N) is 1. The van der Waals surface area contributed by atoms with Crippen molar-refractivity contribution in [2.45, 2.75) is 6.10 Å². The maximum atomic E-state index is 11.2. The van der Waals surface area contributed by atoms with Crippen LogP contribution in [0.3, 0.4) is 0 Å². The Morgan fingerprint density at radius 1 is 1.57 bits per heavy atom. The molecular weight excluding hydrogens is 182 g/mol. The first kappa shape index (κ1) is 8.83. The molecule has 1 aromatic rings. The third kappa shape index (κ3) is 1.49. The molecule has 5 heteroatoms. The quantitative estimate of drug-likeness (QED) is 0.329. The van der Waals surface area contributed by atoms with E-state index in [1.807, 2.05) is 18.2 Å². The van der Waals surface area contributed by atoms with Crippen molar-refractivity contribution in [3.8, 4) is 5.75 Å². The van der Waals surface area contributed by atoms with Crippen LogP contribution in [0.4, 0.5) is 5.69 Å². The van der Waals surface area contributed by atoms with Gasteiger partial charge in [0, 0.05) is 0 Å². The predicted molar refractivity (Wildman–Crippen MR) is 51.7 cm³/mol. The highest BCUT2D eigenvalue weighted by molar-refractivity contribution is 5.82. The Balaban J connectivity index is 2.17. The van der Waals surface area contributed by atoms with Crippen LogP contribution in [0.1, 0.15) is 0 Å². The standard InChI is InChI=1S/C9H11N3O2/c10-12-9(13)8-5-11-6-3-1-2-4-7(6)14-8/h1-4,8,11H,5,10H2,(H,12,13)/t8-/m0/s1. The van der Waals surface area contributed by atoms with Gasteiger partial charge in [0.25, 0.3) is 5.91 Å². The lowest BCUT2D eigenvalue weighted by molar-refractivity contribution is -0.127. The van der Waals surface area contributed by atoms with Gasteiger partial charge in [-0.25, -0.2) is 5.84 Å². The first-order chi connectivity index (χ1) is 6.81. The monoisotopic (exact) mass is 193 g/mol. The highest BCUT2D eigenvalue weighted by Gasteiger charge is 2.24. The molecule has 74 valence electrons. The smallest absolute Gasteiger partial charge is 0.276 e. The summed E-state index contributed by atoms with van der Waals surface area (Å²) in [7, 11) is 0. The van der Waals surface area contributed by atoms with E-state index in [4.69, 9.17) is 10.6 Å². The molecule has 0 aromatic heterocycles. The molecule has 0 saturated carbocycles. The Bertz CT molecular complexity index is 354. The molecule has 5 nitrogen and oxygen atoms in total. The van der Waals surface area contributed by atoms with Crippen molar-refractivity contribution in [3.63, 3.8) is 0 Å². The van der Waals surface area contributed by atoms with E-state index in [0.29, 0.717) is 12.3 Å². The van der Waals surface area contributed by atoms with E-state index >= 15 is 0 Å². The molecule has 1 aromatic carbocycles. The van der Waals surface area contributed by atoms with Gasteiger partial charge >= 0.3 is 0 Å². The van der Waals surface area contributed by atoms with Crippen LogP contribution >= 0.6 is 0 Å². The summed E-state index contributed by atoms with van der Waals surface area (Å²) in [4.78, 5) is 11.2. The van der Waals surface area contributed by atoms with E-state index in [2.05, 4.69) is 10.7 Å². The second kappa shape index (κ2) is 3.55. The number of amides is 1. The Kier molecular flexibility index (Phi) is 2.24. The second-order valence-corrected chi connectivity index (χ2v) is 2.99. The molecule has 0 saturated heterocycles. The average Bonchev–Trinajstić information content (AvgIpc) is 2.27. The van der Waals surface area contributed by atoms with Crippen LogP contribution in [0.25, 0.3) is 0 Å². The van der Waals surface area contributed by atoms with Crippen molar-refractivity contribution in [1.82, 2.24) is 5.43 Å². The second-order valence-electron chi connectivity index (χ2n) is 2.99. The number of nitrogens with one attached hydrogen (secondary N) is 2. The summed E-state index contributed by atoms with van der Waals surface area (Å²) in [5.41, 5.74) is 2.96. The number of carbonyl (C=O) groups is 1. The lowest BCUT2D eigenvalue weighted by Crippen LogP contribution is -2.47. The average molecular weight is 193 g/mol. The van der Waals surface area contributed by atoms with Crippen molar-refractivity contribution in [1.29, 1.82) is 0 Å². The van der Waals surface area contributed by atoms with Gasteiger partial charge in [0.2, 0.25) is 0 Å². The van der Waals surface area contributed by atoms with E-state index in [-0.39, 0.29) is 5.91 Å². The van der Waals surface area contributed by atoms with Gasteiger partial charge in [0.15, 0.2) is 6.10 Å². The van der Waals surface area contributed by atoms with E-state index in [0.717, 1.165) is 5.69 Å². The zero-order valence-electron chi connectivity index (χ0n) is 7.49. The number of rotatable bonds is 1. The Hall–Kier alpha value is -1.75. The van der Waals surface area contributed by atoms with Crippen LogP contribution in [0.2, 0.25) is 0 Å². The number of hydrogen-bond acceptors (Lipinski definition) is 4. The maximum Gasteiger partial charge on any atom is 0.276 e. The summed E-state index contributed by atoms with van der Waals surface area (Å²) in [6, 6.07) is 7.45. The molecule has 1 heterocycles. The highest BCUT2D eigenvalue weighted by atomic mass is 16.5. The van der Waals surface area contributed by atoms with Gasteiger partial charge in [0.05, 0.1) is 12.2 Å². The third-order valence-electron chi connectivity index (χ3n) is 2.07. The van der Waals surface area contributed by atoms with Gasteiger partial charge in [-0.15, -0.1) is 0 Å². The molecule has 0 aliphatic carbocycles. The number of fused-ring (bicyclic) bond motifs is 1. The van der Waals surface area contributed by atoms with Gasteiger partial charge in [0.1, 0.15) is 5.75 Å². The van der Waals surface area contributed by atoms with Crippen LogP contribution in [0.5, 0.6) is 5.75 Å². The maximum absolute atomic E-state index is 11.2. The van der Waals surface area contributed by atoms with E-state index in [1.165, 1.54) is 0 Å². The molecule has 0 fully saturated rings. The fourth-order valence-corrected chi connectivity index (χ4v) is 1.35. The molecule has 1 atom stereocenters. The molecule has 2 rings (SSSR count). The number of hydrogen-bond donors (Lipinski definition) is 3. The summed E-state index contributed by atoms with van der Waals surface area (Å²) in [6.07, 6.45) is -0.560. The van der Waals surface area contributed by atoms with Gasteiger partial charge in [-0.05, 0) is 12.1 Å². The van der Waals surface area contributed by atoms with Crippen LogP contribution in [-0.4, -0.2) is 18.6 Å². The Morgan fingerprint density at radius 3 is 3.14 bits per heavy atom. The first-order valence-electron chi connectivity index (χ1n) is 4.31. The number of carbonyl (C=O) groups excluding carboxylic acids is 1. The molecule has 4 N–H and O–H groups in total. The fourth-order valence-electron chi connectivity index (χ4n) is 1.35. The van der Waals surface area contributed by atoms with Gasteiger partial charge in [-0.1, -0.05) is 12.1 Å². The summed E-state index contributed by atoms with van der Waals surface area (Å²) in [6.45, 7) is 0.431. The van der Waals surface area contributed by atoms with E-state index < -0.39 is 6.10 Å². The number of benzene rings is 1. The van der Waals surface area contributed by atoms with Crippen LogP contribution in [0, 0.1) is 0 Å². The molecular formula is C9H11N3O2. The van der Waals surface area contributed by atoms with Crippen molar-refractivity contribution >= 4 is 11.6 Å². The normalized spacial score (nSPS) is 18.8. The minimum atomic E-state index is -0.560. The van der Waals surface area contributed by atoms with Crippen LogP contribution in [0.15, 0.2) is 24.3 Å². The number of anilines is 1. The zero-order chi connectivity index (χ0) is 9.97. The van der Waals surface area contributed by atoms with E-state index in [9.17, 15) is 4.79 Å². The fraction of sp³-hybridized carbons (Fsp3) is 0.222. The lowest BCUT2D eigenvalue weighted by atomic mass is 10.2. The Labute approximate surface area is 81.2 Å². The summed E-state index contributed by atoms with van der Waals surface area (Å²) >= 11 is 0. The molecule has 0 spiro atoms. The third-order valence-corrected chi connectivity index (χ3v) is 2.07. The SMILES string of the molecule is NNC(=O)[C@@H]1CNc2ccccc2O1. The van der Waals surface area contributed by atoms with Crippen molar-refractivity contribution in [2.24, 2.45) is 5.84 Å². The summed E-state index contributed by atoms with van der Waals surface area (Å²) in [5.74, 6) is 5.36. The molecule has 1 amide bonds. The Morgan fingerprint density at radius 2 is 2.36 bits per heavy atom. The lowest BCUT2D eigenvalue weighted by Gasteiger charge is -2.25. The minimum absolute atomic E-state index is 0.327. The molecule has 1 aliphatic heterocycles. The zero-order valence-corrected chi connectivity index (χ0v) is 7.49. The van der Waals surface area contributed by atoms with Gasteiger partial charge < -0.3 is 10.1 Å². The summed E-state index contributed by atoms with van der Waals surface area (Å²) < 4.78 is 5.43. The van der Waals surface area contributed by atoms with Gasteiger partial charge in [-0.3, -0.25) is 10.2 Å². The van der Waals surface area contributed by atoms with Crippen molar-refractivity contribution < 1.29 is 9.53 Å². The highest BCUT2D eigenvalue weighted by Crippen LogP contribution is 2.27. The molecule has 1 aliphatic rings. The van der Waals surface area contributed by atoms with Crippen molar-refractivity contribution in [2.75, 3.05) is 11.9 Å². The first-order valence-corrected chi connectivity index (χ1v) is 4.31.